The van der Waals surface area contributed by atoms with Crippen LogP contribution in [0, 0.1) is 0 Å². The van der Waals surface area contributed by atoms with Gasteiger partial charge in [-0.05, 0) is 46.8 Å². The Morgan fingerprint density at radius 2 is 1.88 bits per heavy atom. The zero-order valence-corrected chi connectivity index (χ0v) is 11.3. The molecule has 0 aliphatic heterocycles. The fourth-order valence-electron chi connectivity index (χ4n) is 2.55. The first-order valence-corrected chi connectivity index (χ1v) is 6.38. The molecular weight excluding hydrogens is 200 g/mol. The minimum Gasteiger partial charge on any atom is -0.302 e. The zero-order valence-electron chi connectivity index (χ0n) is 11.3. The maximum atomic E-state index is 11.6. The van der Waals surface area contributed by atoms with E-state index in [9.17, 15) is 4.79 Å². The van der Waals surface area contributed by atoms with Crippen molar-refractivity contribution in [2.45, 2.75) is 44.6 Å². The molecule has 3 heteroatoms. The van der Waals surface area contributed by atoms with Gasteiger partial charge in [-0.25, -0.2) is 0 Å². The number of likely N-dealkylation sites (N-methyl/N-ethyl adjacent to an activating group) is 2. The second kappa shape index (κ2) is 5.78. The van der Waals surface area contributed by atoms with Crippen molar-refractivity contribution in [3.8, 4) is 0 Å². The van der Waals surface area contributed by atoms with Gasteiger partial charge in [-0.3, -0.25) is 9.69 Å². The molecule has 0 saturated heterocycles. The summed E-state index contributed by atoms with van der Waals surface area (Å²) in [6, 6.07) is 0. The maximum Gasteiger partial charge on any atom is 0.146 e. The molecule has 1 aliphatic rings. The number of Topliss-reactive ketones (excluding diaryl/α,β-unsaturated/α-hetero) is 1. The molecule has 1 rings (SSSR count). The summed E-state index contributed by atoms with van der Waals surface area (Å²) in [6.07, 6.45) is 5.55. The van der Waals surface area contributed by atoms with E-state index in [4.69, 9.17) is 0 Å². The van der Waals surface area contributed by atoms with E-state index in [1.807, 2.05) is 0 Å². The van der Waals surface area contributed by atoms with Crippen LogP contribution in [0.4, 0.5) is 0 Å². The normalized spacial score (nSPS) is 18.9. The summed E-state index contributed by atoms with van der Waals surface area (Å²) in [4.78, 5) is 16.1. The molecule has 94 valence electrons. The number of nitrogens with zero attached hydrogens (tertiary/aromatic N) is 2. The van der Waals surface area contributed by atoms with Gasteiger partial charge in [-0.2, -0.15) is 0 Å². The van der Waals surface area contributed by atoms with E-state index in [0.29, 0.717) is 17.9 Å². The highest BCUT2D eigenvalue weighted by atomic mass is 16.1. The molecule has 0 aromatic rings. The van der Waals surface area contributed by atoms with Crippen molar-refractivity contribution >= 4 is 5.78 Å². The molecule has 3 nitrogen and oxygen atoms in total. The van der Waals surface area contributed by atoms with Crippen molar-refractivity contribution in [3.05, 3.63) is 0 Å². The average molecular weight is 226 g/mol. The number of rotatable bonds is 7. The van der Waals surface area contributed by atoms with E-state index in [1.165, 1.54) is 19.3 Å². The highest BCUT2D eigenvalue weighted by Gasteiger charge is 2.39. The number of carbonyl (C=O) groups excluding carboxylic acids is 1. The molecule has 0 radical (unpaired) electrons. The van der Waals surface area contributed by atoms with Gasteiger partial charge >= 0.3 is 0 Å². The van der Waals surface area contributed by atoms with Crippen molar-refractivity contribution in [2.24, 2.45) is 0 Å². The third kappa shape index (κ3) is 3.29. The van der Waals surface area contributed by atoms with Crippen molar-refractivity contribution in [1.29, 1.82) is 0 Å². The van der Waals surface area contributed by atoms with Gasteiger partial charge in [-0.15, -0.1) is 0 Å². The molecule has 0 spiro atoms. The van der Waals surface area contributed by atoms with Gasteiger partial charge in [0.25, 0.3) is 0 Å². The smallest absolute Gasteiger partial charge is 0.146 e. The fraction of sp³-hybridized carbons (Fsp3) is 0.923. The Labute approximate surface area is 99.8 Å². The topological polar surface area (TPSA) is 23.6 Å². The van der Waals surface area contributed by atoms with Crippen LogP contribution in [0.1, 0.15) is 39.0 Å². The summed E-state index contributed by atoms with van der Waals surface area (Å²) in [7, 11) is 6.37. The summed E-state index contributed by atoms with van der Waals surface area (Å²) in [5.41, 5.74) is 0.335. The van der Waals surface area contributed by atoms with Crippen LogP contribution in [0.5, 0.6) is 0 Å². The van der Waals surface area contributed by atoms with Gasteiger partial charge in [0.1, 0.15) is 5.78 Å². The number of hydrogen-bond donors (Lipinski definition) is 0. The van der Waals surface area contributed by atoms with Crippen LogP contribution in [-0.4, -0.2) is 55.4 Å². The molecule has 1 aliphatic carbocycles. The lowest BCUT2D eigenvalue weighted by Crippen LogP contribution is -2.57. The first-order chi connectivity index (χ1) is 7.50. The molecule has 0 heterocycles. The van der Waals surface area contributed by atoms with Crippen molar-refractivity contribution in [3.63, 3.8) is 0 Å². The molecule has 0 atom stereocenters. The third-order valence-corrected chi connectivity index (χ3v) is 3.77. The fourth-order valence-corrected chi connectivity index (χ4v) is 2.55. The Kier molecular flexibility index (Phi) is 4.93. The first kappa shape index (κ1) is 13.7. The average Bonchev–Trinajstić information content (AvgIpc) is 2.10. The lowest BCUT2D eigenvalue weighted by molar-refractivity contribution is -0.120. The van der Waals surface area contributed by atoms with E-state index in [1.54, 1.807) is 0 Å². The van der Waals surface area contributed by atoms with Crippen LogP contribution in [0.2, 0.25) is 0 Å². The molecule has 0 amide bonds. The minimum atomic E-state index is 0.335. The van der Waals surface area contributed by atoms with E-state index in [0.717, 1.165) is 19.4 Å². The standard InChI is InChI=1S/C13H26N2O/c1-5-7-12(16)10-15(4)11-13(14(2)3)8-6-9-13/h5-11H2,1-4H3. The van der Waals surface area contributed by atoms with Crippen LogP contribution in [0.3, 0.4) is 0 Å². The van der Waals surface area contributed by atoms with Gasteiger partial charge in [0.15, 0.2) is 0 Å². The lowest BCUT2D eigenvalue weighted by Gasteiger charge is -2.49. The maximum absolute atomic E-state index is 11.6. The van der Waals surface area contributed by atoms with Gasteiger partial charge in [0, 0.05) is 18.5 Å². The number of ketones is 1. The van der Waals surface area contributed by atoms with Crippen LogP contribution in [-0.2, 0) is 4.79 Å². The third-order valence-electron chi connectivity index (χ3n) is 3.77. The molecular formula is C13H26N2O. The molecule has 1 saturated carbocycles. The molecule has 0 bridgehead atoms. The SMILES string of the molecule is CCCC(=O)CN(C)CC1(N(C)C)CCC1. The Morgan fingerprint density at radius 1 is 1.25 bits per heavy atom. The number of carbonyl (C=O) groups is 1. The van der Waals surface area contributed by atoms with Crippen LogP contribution < -0.4 is 0 Å². The van der Waals surface area contributed by atoms with Crippen LogP contribution >= 0.6 is 0 Å². The molecule has 0 aromatic carbocycles. The van der Waals surface area contributed by atoms with E-state index < -0.39 is 0 Å². The van der Waals surface area contributed by atoms with Gasteiger partial charge in [0.05, 0.1) is 6.54 Å². The van der Waals surface area contributed by atoms with Crippen LogP contribution in [0.25, 0.3) is 0 Å². The molecule has 0 unspecified atom stereocenters. The van der Waals surface area contributed by atoms with E-state index in [-0.39, 0.29) is 0 Å². The summed E-state index contributed by atoms with van der Waals surface area (Å²) in [5.74, 6) is 0.373. The Bertz CT molecular complexity index is 234. The van der Waals surface area contributed by atoms with Crippen LogP contribution in [0.15, 0.2) is 0 Å². The summed E-state index contributed by atoms with van der Waals surface area (Å²) in [6.45, 7) is 3.70. The van der Waals surface area contributed by atoms with Gasteiger partial charge in [-0.1, -0.05) is 6.92 Å². The molecule has 0 N–H and O–H groups in total. The molecule has 1 fully saturated rings. The highest BCUT2D eigenvalue weighted by molar-refractivity contribution is 5.80. The second-order valence-electron chi connectivity index (χ2n) is 5.43. The van der Waals surface area contributed by atoms with Crippen molar-refractivity contribution in [1.82, 2.24) is 9.80 Å². The van der Waals surface area contributed by atoms with E-state index >= 15 is 0 Å². The Hall–Kier alpha value is -0.410. The number of hydrogen-bond acceptors (Lipinski definition) is 3. The zero-order chi connectivity index (χ0) is 12.2. The second-order valence-corrected chi connectivity index (χ2v) is 5.43. The predicted molar refractivity (Wildman–Crippen MR) is 67.7 cm³/mol. The highest BCUT2D eigenvalue weighted by Crippen LogP contribution is 2.36. The summed E-state index contributed by atoms with van der Waals surface area (Å²) in [5, 5.41) is 0. The van der Waals surface area contributed by atoms with Gasteiger partial charge in [0.2, 0.25) is 0 Å². The van der Waals surface area contributed by atoms with Crippen molar-refractivity contribution < 1.29 is 4.79 Å². The monoisotopic (exact) mass is 226 g/mol. The minimum absolute atomic E-state index is 0.335. The summed E-state index contributed by atoms with van der Waals surface area (Å²) >= 11 is 0. The lowest BCUT2D eigenvalue weighted by atomic mass is 9.75. The predicted octanol–water partition coefficient (Wildman–Crippen LogP) is 1.77. The van der Waals surface area contributed by atoms with Gasteiger partial charge < -0.3 is 4.90 Å². The largest absolute Gasteiger partial charge is 0.302 e. The molecule has 0 aromatic heterocycles. The summed E-state index contributed by atoms with van der Waals surface area (Å²) < 4.78 is 0. The Morgan fingerprint density at radius 3 is 2.25 bits per heavy atom. The molecule has 16 heavy (non-hydrogen) atoms. The van der Waals surface area contributed by atoms with E-state index in [2.05, 4.69) is 37.9 Å². The quantitative estimate of drug-likeness (QED) is 0.661. The van der Waals surface area contributed by atoms with Crippen molar-refractivity contribution in [2.75, 3.05) is 34.2 Å². The first-order valence-electron chi connectivity index (χ1n) is 6.38. The Balaban J connectivity index is 2.38.